The average molecular weight is 278 g/mol. The van der Waals surface area contributed by atoms with Gasteiger partial charge in [-0.05, 0) is 39.8 Å². The highest BCUT2D eigenvalue weighted by Gasteiger charge is 2.52. The van der Waals surface area contributed by atoms with Crippen molar-refractivity contribution in [3.8, 4) is 12.3 Å². The zero-order chi connectivity index (χ0) is 14.3. The summed E-state index contributed by atoms with van der Waals surface area (Å²) in [6, 6.07) is 3.51. The number of terminal acetylenes is 1. The molecule has 5 heteroatoms. The Kier molecular flexibility index (Phi) is 3.66. The van der Waals surface area contributed by atoms with Crippen LogP contribution in [-0.4, -0.2) is 23.3 Å². The summed E-state index contributed by atoms with van der Waals surface area (Å²) >= 11 is 6.09. The molecule has 2 rings (SSSR count). The zero-order valence-corrected chi connectivity index (χ0v) is 12.4. The van der Waals surface area contributed by atoms with Crippen molar-refractivity contribution in [3.63, 3.8) is 0 Å². The van der Waals surface area contributed by atoms with E-state index in [0.717, 1.165) is 5.69 Å². The molecule has 19 heavy (non-hydrogen) atoms. The third-order valence-corrected chi connectivity index (χ3v) is 3.86. The number of pyridine rings is 1. The first kappa shape index (κ1) is 14.4. The molecule has 100 valence electrons. The van der Waals surface area contributed by atoms with E-state index in [2.05, 4.69) is 10.9 Å². The molecule has 2 heterocycles. The minimum Gasteiger partial charge on any atom is -0.398 e. The molecule has 1 aliphatic heterocycles. The van der Waals surface area contributed by atoms with E-state index in [1.165, 1.54) is 0 Å². The molecule has 0 amide bonds. The first-order valence-electron chi connectivity index (χ1n) is 6.21. The Bertz CT molecular complexity index is 521. The highest BCUT2D eigenvalue weighted by Crippen LogP contribution is 2.36. The van der Waals surface area contributed by atoms with Gasteiger partial charge >= 0.3 is 7.12 Å². The van der Waals surface area contributed by atoms with Gasteiger partial charge in [0.25, 0.3) is 0 Å². The summed E-state index contributed by atoms with van der Waals surface area (Å²) in [5.74, 6) is 2.56. The molecule has 3 nitrogen and oxygen atoms in total. The maximum Gasteiger partial charge on any atom is 0.514 e. The number of hydrogen-bond acceptors (Lipinski definition) is 3. The molecule has 0 saturated carbocycles. The van der Waals surface area contributed by atoms with Crippen molar-refractivity contribution in [2.75, 3.05) is 0 Å². The van der Waals surface area contributed by atoms with Crippen molar-refractivity contribution >= 4 is 24.3 Å². The third kappa shape index (κ3) is 2.79. The number of hydrogen-bond donors (Lipinski definition) is 0. The van der Waals surface area contributed by atoms with E-state index >= 15 is 0 Å². The van der Waals surface area contributed by atoms with Gasteiger partial charge in [0, 0.05) is 5.02 Å². The molecular weight excluding hydrogens is 260 g/mol. The summed E-state index contributed by atoms with van der Waals surface area (Å²) in [6.07, 6.45) is 5.74. The molecule has 0 bridgehead atoms. The minimum absolute atomic E-state index is 0.395. The van der Waals surface area contributed by atoms with Gasteiger partial charge in [0.15, 0.2) is 0 Å². The molecule has 1 aromatic rings. The second kappa shape index (κ2) is 4.83. The van der Waals surface area contributed by atoms with Crippen LogP contribution in [0.5, 0.6) is 0 Å². The Morgan fingerprint density at radius 2 is 1.84 bits per heavy atom. The van der Waals surface area contributed by atoms with Crippen LogP contribution in [0.2, 0.25) is 5.02 Å². The second-order valence-corrected chi connectivity index (χ2v) is 6.11. The minimum atomic E-state index is -0.514. The van der Waals surface area contributed by atoms with Crippen LogP contribution in [0, 0.1) is 12.3 Å². The fraction of sp³-hybridized carbons (Fsp3) is 0.500. The topological polar surface area (TPSA) is 31.4 Å². The monoisotopic (exact) mass is 277 g/mol. The van der Waals surface area contributed by atoms with E-state index in [1.54, 1.807) is 12.1 Å². The van der Waals surface area contributed by atoms with Crippen LogP contribution in [0.25, 0.3) is 0 Å². The van der Waals surface area contributed by atoms with Crippen LogP contribution in [0.15, 0.2) is 12.1 Å². The Morgan fingerprint density at radius 1 is 1.26 bits per heavy atom. The van der Waals surface area contributed by atoms with E-state index < -0.39 is 18.3 Å². The summed E-state index contributed by atoms with van der Waals surface area (Å²) in [5.41, 5.74) is 0.623. The molecule has 1 fully saturated rings. The smallest absolute Gasteiger partial charge is 0.398 e. The molecule has 0 radical (unpaired) electrons. The Labute approximate surface area is 119 Å². The van der Waals surface area contributed by atoms with Crippen molar-refractivity contribution in [1.29, 1.82) is 0 Å². The first-order chi connectivity index (χ1) is 8.75. The summed E-state index contributed by atoms with van der Waals surface area (Å²) in [4.78, 5) is 4.46. The lowest BCUT2D eigenvalue weighted by atomic mass is 9.84. The predicted molar refractivity (Wildman–Crippen MR) is 77.5 cm³/mol. The quantitative estimate of drug-likeness (QED) is 0.613. The highest BCUT2D eigenvalue weighted by molar-refractivity contribution is 6.61. The second-order valence-electron chi connectivity index (χ2n) is 5.67. The number of halogens is 1. The SMILES string of the molecule is C#CCc1cc(Cl)cc(B2OC(C)(C)C(C)(C)O2)n1. The maximum absolute atomic E-state index is 6.09. The maximum atomic E-state index is 6.09. The molecular formula is C14H17BClNO2. The fourth-order valence-electron chi connectivity index (χ4n) is 1.85. The Morgan fingerprint density at radius 3 is 2.37 bits per heavy atom. The van der Waals surface area contributed by atoms with Gasteiger partial charge in [-0.2, -0.15) is 0 Å². The van der Waals surface area contributed by atoms with E-state index in [0.29, 0.717) is 17.0 Å². The molecule has 1 saturated heterocycles. The molecule has 1 aliphatic rings. The van der Waals surface area contributed by atoms with Crippen molar-refractivity contribution in [2.24, 2.45) is 0 Å². The molecule has 0 unspecified atom stereocenters. The molecule has 0 spiro atoms. The average Bonchev–Trinajstić information content (AvgIpc) is 2.48. The fourth-order valence-corrected chi connectivity index (χ4v) is 2.09. The van der Waals surface area contributed by atoms with Crippen LogP contribution in [0.3, 0.4) is 0 Å². The summed E-state index contributed by atoms with van der Waals surface area (Å²) in [5, 5.41) is 0.588. The van der Waals surface area contributed by atoms with Crippen molar-refractivity contribution in [1.82, 2.24) is 4.98 Å². The van der Waals surface area contributed by atoms with Crippen LogP contribution in [-0.2, 0) is 15.7 Å². The normalized spacial score (nSPS) is 20.3. The van der Waals surface area contributed by atoms with E-state index in [4.69, 9.17) is 27.3 Å². The Hall–Kier alpha value is -1.02. The van der Waals surface area contributed by atoms with E-state index in [-0.39, 0.29) is 0 Å². The van der Waals surface area contributed by atoms with E-state index in [9.17, 15) is 0 Å². The van der Waals surface area contributed by atoms with Gasteiger partial charge in [-0.1, -0.05) is 11.6 Å². The van der Waals surface area contributed by atoms with Crippen LogP contribution in [0.4, 0.5) is 0 Å². The van der Waals surface area contributed by atoms with Crippen LogP contribution >= 0.6 is 11.6 Å². The summed E-state index contributed by atoms with van der Waals surface area (Å²) in [6.45, 7) is 8.00. The van der Waals surface area contributed by atoms with Gasteiger partial charge in [0.2, 0.25) is 0 Å². The Balaban J connectivity index is 2.32. The molecule has 1 aromatic heterocycles. The third-order valence-electron chi connectivity index (χ3n) is 3.64. The van der Waals surface area contributed by atoms with Crippen molar-refractivity contribution < 1.29 is 9.31 Å². The standard InChI is InChI=1S/C14H17BClNO2/c1-6-7-11-8-10(16)9-12(17-11)15-18-13(2,3)14(4,5)19-15/h1,8-9H,7H2,2-5H3. The molecule has 0 atom stereocenters. The zero-order valence-electron chi connectivity index (χ0n) is 11.7. The highest BCUT2D eigenvalue weighted by atomic mass is 35.5. The van der Waals surface area contributed by atoms with Gasteiger partial charge in [-0.3, -0.25) is 4.98 Å². The van der Waals surface area contributed by atoms with Gasteiger partial charge < -0.3 is 9.31 Å². The van der Waals surface area contributed by atoms with Crippen LogP contribution in [0.1, 0.15) is 33.4 Å². The van der Waals surface area contributed by atoms with Gasteiger partial charge in [-0.15, -0.1) is 12.3 Å². The lowest BCUT2D eigenvalue weighted by Gasteiger charge is -2.32. The van der Waals surface area contributed by atoms with Gasteiger partial charge in [0.1, 0.15) is 0 Å². The van der Waals surface area contributed by atoms with Gasteiger partial charge in [0.05, 0.1) is 28.9 Å². The first-order valence-corrected chi connectivity index (χ1v) is 6.58. The predicted octanol–water partition coefficient (Wildman–Crippen LogP) is 2.21. The van der Waals surface area contributed by atoms with Crippen molar-refractivity contribution in [2.45, 2.75) is 45.3 Å². The molecule has 0 aromatic carbocycles. The molecule has 0 N–H and O–H groups in total. The number of aromatic nitrogens is 1. The van der Waals surface area contributed by atoms with Crippen LogP contribution < -0.4 is 5.59 Å². The number of rotatable bonds is 2. The lowest BCUT2D eigenvalue weighted by molar-refractivity contribution is 0.00578. The summed E-state index contributed by atoms with van der Waals surface area (Å²) in [7, 11) is -0.514. The largest absolute Gasteiger partial charge is 0.514 e. The van der Waals surface area contributed by atoms with E-state index in [1.807, 2.05) is 27.7 Å². The van der Waals surface area contributed by atoms with Crippen molar-refractivity contribution in [3.05, 3.63) is 22.8 Å². The number of nitrogens with zero attached hydrogens (tertiary/aromatic N) is 1. The van der Waals surface area contributed by atoms with Gasteiger partial charge in [-0.25, -0.2) is 0 Å². The summed E-state index contributed by atoms with van der Waals surface area (Å²) < 4.78 is 11.9. The lowest BCUT2D eigenvalue weighted by Crippen LogP contribution is -2.41. The molecule has 0 aliphatic carbocycles.